The second-order valence-corrected chi connectivity index (χ2v) is 5.67. The highest BCUT2D eigenvalue weighted by molar-refractivity contribution is 5.86. The molecule has 0 fully saturated rings. The Balaban J connectivity index is 2.64. The molecule has 2 aromatic rings. The summed E-state index contributed by atoms with van der Waals surface area (Å²) in [5.74, 6) is -0.932. The smallest absolute Gasteiger partial charge is 0.347 e. The van der Waals surface area contributed by atoms with Gasteiger partial charge in [-0.05, 0) is 31.5 Å². The van der Waals surface area contributed by atoms with Crippen molar-refractivity contribution in [2.75, 3.05) is 7.11 Å². The fourth-order valence-electron chi connectivity index (χ4n) is 2.43. The average Bonchev–Trinajstić information content (AvgIpc) is 2.60. The number of methoxy groups -OCH3 is 1. The van der Waals surface area contributed by atoms with Crippen LogP contribution >= 0.6 is 0 Å². The van der Waals surface area contributed by atoms with Crippen molar-refractivity contribution in [1.29, 1.82) is 0 Å². The summed E-state index contributed by atoms with van der Waals surface area (Å²) in [5.41, 5.74) is -1.98. The molecule has 0 amide bonds. The molecule has 0 spiro atoms. The number of benzene rings is 2. The van der Waals surface area contributed by atoms with Gasteiger partial charge in [0.1, 0.15) is 0 Å². The molecule has 0 saturated carbocycles. The summed E-state index contributed by atoms with van der Waals surface area (Å²) in [6.07, 6.45) is -0.442. The van der Waals surface area contributed by atoms with Crippen LogP contribution in [-0.2, 0) is 15.1 Å². The fourth-order valence-corrected chi connectivity index (χ4v) is 2.43. The van der Waals surface area contributed by atoms with Crippen LogP contribution in [0.2, 0.25) is 0 Å². The number of hydrogen-bond donors (Lipinski definition) is 1. The van der Waals surface area contributed by atoms with Crippen molar-refractivity contribution in [1.82, 2.24) is 0 Å². The van der Waals surface area contributed by atoms with Crippen LogP contribution in [0.25, 0.3) is 0 Å². The number of ether oxygens (including phenoxy) is 2. The largest absolute Gasteiger partial charge is 0.490 e. The molecule has 25 heavy (non-hydrogen) atoms. The third-order valence-electron chi connectivity index (χ3n) is 3.62. The van der Waals surface area contributed by atoms with E-state index in [0.29, 0.717) is 0 Å². The summed E-state index contributed by atoms with van der Waals surface area (Å²) in [5, 5.41) is 22.3. The van der Waals surface area contributed by atoms with E-state index in [-0.39, 0.29) is 22.6 Å². The zero-order valence-electron chi connectivity index (χ0n) is 14.1. The Morgan fingerprint density at radius 1 is 1.16 bits per heavy atom. The van der Waals surface area contributed by atoms with Gasteiger partial charge in [0.2, 0.25) is 5.60 Å². The number of nitrogens with zero attached hydrogens (tertiary/aromatic N) is 1. The predicted molar refractivity (Wildman–Crippen MR) is 90.3 cm³/mol. The molecule has 1 N–H and O–H groups in total. The van der Waals surface area contributed by atoms with Crippen molar-refractivity contribution in [3.05, 3.63) is 69.8 Å². The van der Waals surface area contributed by atoms with E-state index < -0.39 is 22.6 Å². The first-order valence-corrected chi connectivity index (χ1v) is 7.62. The Morgan fingerprint density at radius 3 is 2.32 bits per heavy atom. The number of esters is 1. The van der Waals surface area contributed by atoms with E-state index in [4.69, 9.17) is 9.47 Å². The van der Waals surface area contributed by atoms with Crippen LogP contribution in [0.5, 0.6) is 5.75 Å². The zero-order chi connectivity index (χ0) is 18.6. The van der Waals surface area contributed by atoms with E-state index in [1.54, 1.807) is 44.2 Å². The maximum absolute atomic E-state index is 12.6. The lowest BCUT2D eigenvalue weighted by molar-refractivity contribution is -0.385. The monoisotopic (exact) mass is 345 g/mol. The van der Waals surface area contributed by atoms with Gasteiger partial charge in [0.05, 0.1) is 18.1 Å². The Bertz CT molecular complexity index is 774. The molecular formula is C18H19NO6. The Kier molecular flexibility index (Phi) is 5.38. The summed E-state index contributed by atoms with van der Waals surface area (Å²) in [7, 11) is 1.28. The fraction of sp³-hybridized carbons (Fsp3) is 0.278. The predicted octanol–water partition coefficient (Wildman–Crippen LogP) is 2.79. The first-order valence-electron chi connectivity index (χ1n) is 7.62. The zero-order valence-corrected chi connectivity index (χ0v) is 14.1. The second-order valence-electron chi connectivity index (χ2n) is 5.67. The maximum Gasteiger partial charge on any atom is 0.347 e. The molecule has 0 aliphatic heterocycles. The van der Waals surface area contributed by atoms with Crippen LogP contribution in [0.15, 0.2) is 48.5 Å². The first kappa shape index (κ1) is 18.4. The van der Waals surface area contributed by atoms with Gasteiger partial charge in [0.25, 0.3) is 0 Å². The van der Waals surface area contributed by atoms with Gasteiger partial charge in [-0.25, -0.2) is 4.79 Å². The molecule has 0 heterocycles. The normalized spacial score (nSPS) is 13.2. The lowest BCUT2D eigenvalue weighted by Gasteiger charge is -2.28. The molecule has 1 atom stereocenters. The molecular weight excluding hydrogens is 326 g/mol. The number of carbonyl (C=O) groups is 1. The number of nitro benzene ring substituents is 1. The van der Waals surface area contributed by atoms with Crippen molar-refractivity contribution < 1.29 is 24.3 Å². The molecule has 0 bridgehead atoms. The van der Waals surface area contributed by atoms with E-state index in [9.17, 15) is 20.0 Å². The Hall–Kier alpha value is -2.93. The Labute approximate surface area is 145 Å². The molecule has 0 aliphatic rings. The molecule has 1 unspecified atom stereocenters. The van der Waals surface area contributed by atoms with Crippen molar-refractivity contribution in [3.8, 4) is 5.75 Å². The standard InChI is InChI=1S/C18H19NO6/c1-12(2)25-17(20)18(21,13-7-5-4-6-8-13)14-9-10-15(19(22)23)16(11-14)24-3/h4-12,21H,1-3H3. The number of aliphatic hydroxyl groups is 1. The Morgan fingerprint density at radius 2 is 1.80 bits per heavy atom. The topological polar surface area (TPSA) is 98.9 Å². The third kappa shape index (κ3) is 3.61. The molecule has 0 radical (unpaired) electrons. The molecule has 0 aliphatic carbocycles. The van der Waals surface area contributed by atoms with Gasteiger partial charge in [-0.2, -0.15) is 0 Å². The molecule has 7 heteroatoms. The van der Waals surface area contributed by atoms with Crippen molar-refractivity contribution in [2.45, 2.75) is 25.6 Å². The van der Waals surface area contributed by atoms with Gasteiger partial charge >= 0.3 is 11.7 Å². The molecule has 2 aromatic carbocycles. The summed E-state index contributed by atoms with van der Waals surface area (Å²) in [6.45, 7) is 3.33. The third-order valence-corrected chi connectivity index (χ3v) is 3.62. The SMILES string of the molecule is COc1cc(C(O)(C(=O)OC(C)C)c2ccccc2)ccc1[N+](=O)[O-]. The van der Waals surface area contributed by atoms with Gasteiger partial charge in [0.15, 0.2) is 5.75 Å². The van der Waals surface area contributed by atoms with Gasteiger partial charge < -0.3 is 14.6 Å². The summed E-state index contributed by atoms with van der Waals surface area (Å²) < 4.78 is 10.2. The summed E-state index contributed by atoms with van der Waals surface area (Å²) >= 11 is 0. The van der Waals surface area contributed by atoms with E-state index in [2.05, 4.69) is 0 Å². The number of carbonyl (C=O) groups excluding carboxylic acids is 1. The van der Waals surface area contributed by atoms with E-state index >= 15 is 0 Å². The van der Waals surface area contributed by atoms with Crippen LogP contribution in [0.1, 0.15) is 25.0 Å². The maximum atomic E-state index is 12.6. The molecule has 7 nitrogen and oxygen atoms in total. The highest BCUT2D eigenvalue weighted by atomic mass is 16.6. The highest BCUT2D eigenvalue weighted by Crippen LogP contribution is 2.36. The first-order chi connectivity index (χ1) is 11.8. The van der Waals surface area contributed by atoms with Gasteiger partial charge in [-0.3, -0.25) is 10.1 Å². The van der Waals surface area contributed by atoms with Crippen LogP contribution in [0.3, 0.4) is 0 Å². The average molecular weight is 345 g/mol. The van der Waals surface area contributed by atoms with Crippen LogP contribution in [0.4, 0.5) is 5.69 Å². The highest BCUT2D eigenvalue weighted by Gasteiger charge is 2.43. The summed E-state index contributed by atoms with van der Waals surface area (Å²) in [6, 6.07) is 12.0. The quantitative estimate of drug-likeness (QED) is 0.491. The number of rotatable bonds is 6. The van der Waals surface area contributed by atoms with E-state index in [1.165, 1.54) is 25.3 Å². The van der Waals surface area contributed by atoms with Crippen LogP contribution < -0.4 is 4.74 Å². The van der Waals surface area contributed by atoms with Crippen molar-refractivity contribution in [2.24, 2.45) is 0 Å². The second kappa shape index (κ2) is 7.31. The van der Waals surface area contributed by atoms with Crippen molar-refractivity contribution in [3.63, 3.8) is 0 Å². The molecule has 0 saturated heterocycles. The minimum atomic E-state index is -2.12. The van der Waals surface area contributed by atoms with E-state index in [1.807, 2.05) is 0 Å². The molecule has 2 rings (SSSR count). The van der Waals surface area contributed by atoms with Crippen molar-refractivity contribution >= 4 is 11.7 Å². The van der Waals surface area contributed by atoms with E-state index in [0.717, 1.165) is 0 Å². The summed E-state index contributed by atoms with van der Waals surface area (Å²) in [4.78, 5) is 23.1. The lowest BCUT2D eigenvalue weighted by atomic mass is 9.86. The molecule has 132 valence electrons. The number of nitro groups is 1. The number of hydrogen-bond acceptors (Lipinski definition) is 6. The lowest BCUT2D eigenvalue weighted by Crippen LogP contribution is -2.39. The molecule has 0 aromatic heterocycles. The van der Waals surface area contributed by atoms with Gasteiger partial charge in [-0.1, -0.05) is 30.3 Å². The van der Waals surface area contributed by atoms with Gasteiger partial charge in [-0.15, -0.1) is 0 Å². The van der Waals surface area contributed by atoms with Crippen LogP contribution in [-0.4, -0.2) is 29.2 Å². The minimum Gasteiger partial charge on any atom is -0.490 e. The van der Waals surface area contributed by atoms with Crippen LogP contribution in [0, 0.1) is 10.1 Å². The minimum absolute atomic E-state index is 0.0609. The van der Waals surface area contributed by atoms with Gasteiger partial charge in [0, 0.05) is 11.6 Å².